The number of benzene rings is 1. The van der Waals surface area contributed by atoms with Gasteiger partial charge in [-0.15, -0.1) is 0 Å². The van der Waals surface area contributed by atoms with Gasteiger partial charge in [0.2, 0.25) is 0 Å². The largest absolute Gasteiger partial charge is 0.493 e. The van der Waals surface area contributed by atoms with Gasteiger partial charge in [-0.1, -0.05) is 6.92 Å². The minimum Gasteiger partial charge on any atom is -0.493 e. The molecule has 0 atom stereocenters. The first-order valence-corrected chi connectivity index (χ1v) is 9.37. The van der Waals surface area contributed by atoms with Crippen LogP contribution >= 0.6 is 0 Å². The van der Waals surface area contributed by atoms with Gasteiger partial charge in [-0.05, 0) is 43.2 Å². The Kier molecular flexibility index (Phi) is 4.43. The van der Waals surface area contributed by atoms with Crippen molar-refractivity contribution in [1.82, 2.24) is 0 Å². The van der Waals surface area contributed by atoms with Crippen LogP contribution in [0.5, 0.6) is 5.75 Å². The van der Waals surface area contributed by atoms with Crippen LogP contribution < -0.4 is 4.74 Å². The molecule has 1 saturated heterocycles. The van der Waals surface area contributed by atoms with Crippen molar-refractivity contribution < 1.29 is 28.5 Å². The molecule has 4 rings (SSSR count). The number of rotatable bonds is 5. The monoisotopic (exact) mass is 364 g/mol. The fraction of sp³-hybridized carbons (Fsp3) is 0.650. The van der Waals surface area contributed by atoms with E-state index in [1.54, 1.807) is 0 Å². The summed E-state index contributed by atoms with van der Waals surface area (Å²) < 4.78 is 31.7. The third kappa shape index (κ3) is 3.45. The molecule has 0 unspecified atom stereocenters. The van der Waals surface area contributed by atoms with Crippen molar-refractivity contribution in [1.29, 1.82) is 0 Å². The Morgan fingerprint density at radius 2 is 1.88 bits per heavy atom. The van der Waals surface area contributed by atoms with Crippen LogP contribution in [0.25, 0.3) is 0 Å². The maximum atomic E-state index is 14.1. The third-order valence-corrected chi connectivity index (χ3v) is 5.96. The molecule has 6 heteroatoms. The van der Waals surface area contributed by atoms with Crippen molar-refractivity contribution in [2.75, 3.05) is 19.8 Å². The van der Waals surface area contributed by atoms with Crippen LogP contribution in [0.15, 0.2) is 12.1 Å². The van der Waals surface area contributed by atoms with Crippen LogP contribution in [-0.4, -0.2) is 36.7 Å². The summed E-state index contributed by atoms with van der Waals surface area (Å²) in [5.74, 6) is -1.61. The van der Waals surface area contributed by atoms with Crippen LogP contribution in [0.2, 0.25) is 0 Å². The topological polar surface area (TPSA) is 65.0 Å². The summed E-state index contributed by atoms with van der Waals surface area (Å²) in [5, 5.41) is 9.15. The smallest absolute Gasteiger partial charge is 0.338 e. The summed E-state index contributed by atoms with van der Waals surface area (Å²) in [6.07, 6.45) is 5.51. The second-order valence-electron chi connectivity index (χ2n) is 8.16. The number of hydrogen-bond donors (Lipinski definition) is 1. The number of carbonyl (C=O) groups is 1. The standard InChI is InChI=1S/C20H25FO5/c1-19(4-6-20(7-5-19)25-8-9-26-20)12-24-17-11-16(21)15(18(22)23)10-14(17)13-2-3-13/h10-11,13H,2-9,12H2,1H3,(H,22,23). The lowest BCUT2D eigenvalue weighted by Crippen LogP contribution is -2.41. The summed E-state index contributed by atoms with van der Waals surface area (Å²) in [6.45, 7) is 3.97. The minimum atomic E-state index is -1.24. The SMILES string of the molecule is CC1(COc2cc(F)c(C(=O)O)cc2C2CC2)CCC2(CC1)OCCO2. The zero-order valence-corrected chi connectivity index (χ0v) is 15.1. The second kappa shape index (κ2) is 6.50. The number of aromatic carboxylic acids is 1. The van der Waals surface area contributed by atoms with Crippen LogP contribution in [0, 0.1) is 11.2 Å². The first-order valence-electron chi connectivity index (χ1n) is 9.37. The summed E-state index contributed by atoms with van der Waals surface area (Å²) in [6, 6.07) is 2.69. The fourth-order valence-electron chi connectivity index (χ4n) is 3.99. The lowest BCUT2D eigenvalue weighted by Gasteiger charge is -2.41. The van der Waals surface area contributed by atoms with Gasteiger partial charge in [0, 0.05) is 24.3 Å². The Labute approximate surface area is 152 Å². The van der Waals surface area contributed by atoms with Crippen molar-refractivity contribution in [3.05, 3.63) is 29.1 Å². The summed E-state index contributed by atoms with van der Waals surface area (Å²) >= 11 is 0. The van der Waals surface area contributed by atoms with Gasteiger partial charge in [-0.25, -0.2) is 9.18 Å². The number of hydrogen-bond acceptors (Lipinski definition) is 4. The van der Waals surface area contributed by atoms with Gasteiger partial charge >= 0.3 is 5.97 Å². The Balaban J connectivity index is 1.46. The average molecular weight is 364 g/mol. The molecular weight excluding hydrogens is 339 g/mol. The highest BCUT2D eigenvalue weighted by molar-refractivity contribution is 5.88. The second-order valence-corrected chi connectivity index (χ2v) is 8.16. The maximum Gasteiger partial charge on any atom is 0.338 e. The maximum absolute atomic E-state index is 14.1. The molecule has 0 amide bonds. The molecule has 1 aromatic rings. The molecule has 0 radical (unpaired) electrons. The predicted octanol–water partition coefficient (Wildman–Crippen LogP) is 4.10. The van der Waals surface area contributed by atoms with Crippen LogP contribution in [0.1, 0.15) is 67.3 Å². The highest BCUT2D eigenvalue weighted by Gasteiger charge is 2.44. The van der Waals surface area contributed by atoms with Crippen LogP contribution in [0.4, 0.5) is 4.39 Å². The van der Waals surface area contributed by atoms with E-state index in [1.807, 2.05) is 0 Å². The van der Waals surface area contributed by atoms with E-state index in [-0.39, 0.29) is 16.9 Å². The Bertz CT molecular complexity index is 696. The molecule has 1 spiro atoms. The lowest BCUT2D eigenvalue weighted by atomic mass is 9.74. The highest BCUT2D eigenvalue weighted by atomic mass is 19.1. The zero-order chi connectivity index (χ0) is 18.4. The Morgan fingerprint density at radius 1 is 1.23 bits per heavy atom. The Morgan fingerprint density at radius 3 is 2.46 bits per heavy atom. The number of ether oxygens (including phenoxy) is 3. The van der Waals surface area contributed by atoms with Crippen LogP contribution in [-0.2, 0) is 9.47 Å². The molecule has 1 aliphatic heterocycles. The van der Waals surface area contributed by atoms with Crippen molar-refractivity contribution in [3.63, 3.8) is 0 Å². The lowest BCUT2D eigenvalue weighted by molar-refractivity contribution is -0.192. The molecular formula is C20H25FO5. The van der Waals surface area contributed by atoms with Gasteiger partial charge in [-0.3, -0.25) is 0 Å². The number of carboxylic acid groups (broad SMARTS) is 1. The van der Waals surface area contributed by atoms with E-state index in [0.717, 1.165) is 44.1 Å². The predicted molar refractivity (Wildman–Crippen MR) is 92.0 cm³/mol. The molecule has 0 aromatic heterocycles. The molecule has 3 aliphatic rings. The van der Waals surface area contributed by atoms with Gasteiger partial charge in [0.25, 0.3) is 0 Å². The normalized spacial score (nSPS) is 23.9. The van der Waals surface area contributed by atoms with Gasteiger partial charge < -0.3 is 19.3 Å². The summed E-state index contributed by atoms with van der Waals surface area (Å²) in [7, 11) is 0. The van der Waals surface area contributed by atoms with Crippen molar-refractivity contribution in [2.45, 2.75) is 57.2 Å². The van der Waals surface area contributed by atoms with E-state index in [4.69, 9.17) is 19.3 Å². The minimum absolute atomic E-state index is 0.0245. The summed E-state index contributed by atoms with van der Waals surface area (Å²) in [4.78, 5) is 11.2. The van der Waals surface area contributed by atoms with Crippen molar-refractivity contribution in [3.8, 4) is 5.75 Å². The number of halogens is 1. The molecule has 2 aliphatic carbocycles. The fourth-order valence-corrected chi connectivity index (χ4v) is 3.99. The van der Waals surface area contributed by atoms with Crippen molar-refractivity contribution >= 4 is 5.97 Å². The van der Waals surface area contributed by atoms with E-state index in [0.29, 0.717) is 25.6 Å². The molecule has 26 heavy (non-hydrogen) atoms. The third-order valence-electron chi connectivity index (χ3n) is 5.96. The van der Waals surface area contributed by atoms with Gasteiger partial charge in [-0.2, -0.15) is 0 Å². The van der Waals surface area contributed by atoms with Crippen molar-refractivity contribution in [2.24, 2.45) is 5.41 Å². The first-order chi connectivity index (χ1) is 12.4. The molecule has 3 fully saturated rings. The number of carboxylic acids is 1. The van der Waals surface area contributed by atoms with E-state index < -0.39 is 17.6 Å². The van der Waals surface area contributed by atoms with Gasteiger partial charge in [0.1, 0.15) is 11.6 Å². The molecule has 1 aromatic carbocycles. The molecule has 5 nitrogen and oxygen atoms in total. The quantitative estimate of drug-likeness (QED) is 0.852. The molecule has 142 valence electrons. The van der Waals surface area contributed by atoms with E-state index in [9.17, 15) is 9.18 Å². The first kappa shape index (κ1) is 17.7. The molecule has 1 heterocycles. The molecule has 2 saturated carbocycles. The van der Waals surface area contributed by atoms with E-state index >= 15 is 0 Å². The van der Waals surface area contributed by atoms with Gasteiger partial charge in [0.15, 0.2) is 5.79 Å². The molecule has 1 N–H and O–H groups in total. The zero-order valence-electron chi connectivity index (χ0n) is 15.1. The summed E-state index contributed by atoms with van der Waals surface area (Å²) in [5.41, 5.74) is 0.520. The van der Waals surface area contributed by atoms with Crippen LogP contribution in [0.3, 0.4) is 0 Å². The Hall–Kier alpha value is -1.66. The van der Waals surface area contributed by atoms with E-state index in [1.165, 1.54) is 12.1 Å². The molecule has 0 bridgehead atoms. The average Bonchev–Trinajstić information content (AvgIpc) is 3.35. The highest BCUT2D eigenvalue weighted by Crippen LogP contribution is 2.47. The van der Waals surface area contributed by atoms with E-state index in [2.05, 4.69) is 6.92 Å². The van der Waals surface area contributed by atoms with Gasteiger partial charge in [0.05, 0.1) is 25.4 Å².